The fraction of sp³-hybridized carbons (Fsp3) is 0.200. The molecule has 2 aromatic heterocycles. The smallest absolute Gasteiger partial charge is 0.249 e. The quantitative estimate of drug-likeness (QED) is 0.477. The van der Waals surface area contributed by atoms with E-state index in [-0.39, 0.29) is 6.42 Å². The molecule has 0 spiro atoms. The molecule has 0 bridgehead atoms. The molecule has 0 saturated carbocycles. The maximum atomic E-state index is 11.6. The molecule has 0 saturated heterocycles. The Balaban J connectivity index is 1.71. The summed E-state index contributed by atoms with van der Waals surface area (Å²) < 4.78 is 0. The van der Waals surface area contributed by atoms with Crippen LogP contribution in [0.15, 0.2) is 34.5 Å². The summed E-state index contributed by atoms with van der Waals surface area (Å²) in [6, 6.07) is 7.75. The lowest BCUT2D eigenvalue weighted by Crippen LogP contribution is -2.27. The number of hydrazone groups is 2. The number of hydrogen-bond acceptors (Lipinski definition) is 6. The number of rotatable bonds is 6. The number of aryl methyl sites for hydroxylation is 2. The summed E-state index contributed by atoms with van der Waals surface area (Å²) >= 11 is 3.13. The predicted molar refractivity (Wildman–Crippen MR) is 94.2 cm³/mol. The largest absolute Gasteiger partial charge is 0.273 e. The van der Waals surface area contributed by atoms with Crippen LogP contribution in [0.5, 0.6) is 0 Å². The van der Waals surface area contributed by atoms with Crippen molar-refractivity contribution in [2.24, 2.45) is 10.2 Å². The molecule has 120 valence electrons. The van der Waals surface area contributed by atoms with Gasteiger partial charge in [-0.1, -0.05) is 0 Å². The maximum Gasteiger partial charge on any atom is 0.249 e. The molecular formula is C15H16N4O2S2. The lowest BCUT2D eigenvalue weighted by atomic mass is 10.4. The molecule has 0 fully saturated rings. The van der Waals surface area contributed by atoms with Gasteiger partial charge in [-0.2, -0.15) is 10.2 Å². The Hall–Kier alpha value is -2.32. The number of amides is 2. The van der Waals surface area contributed by atoms with E-state index < -0.39 is 11.8 Å². The van der Waals surface area contributed by atoms with E-state index in [4.69, 9.17) is 0 Å². The Labute approximate surface area is 141 Å². The summed E-state index contributed by atoms with van der Waals surface area (Å²) in [6.07, 6.45) is 2.76. The summed E-state index contributed by atoms with van der Waals surface area (Å²) in [4.78, 5) is 27.3. The molecule has 0 aliphatic carbocycles. The van der Waals surface area contributed by atoms with Crippen LogP contribution in [0.1, 0.15) is 25.9 Å². The van der Waals surface area contributed by atoms with E-state index in [0.29, 0.717) is 0 Å². The van der Waals surface area contributed by atoms with Gasteiger partial charge in [-0.3, -0.25) is 9.59 Å². The van der Waals surface area contributed by atoms with Crippen LogP contribution in [0.4, 0.5) is 0 Å². The highest BCUT2D eigenvalue weighted by atomic mass is 32.1. The summed E-state index contributed by atoms with van der Waals surface area (Å²) in [5.41, 5.74) is 4.62. The van der Waals surface area contributed by atoms with Crippen LogP contribution in [-0.4, -0.2) is 24.2 Å². The number of carbonyl (C=O) groups excluding carboxylic acids is 2. The van der Waals surface area contributed by atoms with Crippen LogP contribution in [0.2, 0.25) is 0 Å². The molecule has 2 N–H and O–H groups in total. The molecule has 0 atom stereocenters. The van der Waals surface area contributed by atoms with Gasteiger partial charge < -0.3 is 0 Å². The molecule has 2 rings (SSSR count). The first-order chi connectivity index (χ1) is 11.0. The molecule has 8 heteroatoms. The van der Waals surface area contributed by atoms with E-state index in [1.165, 1.54) is 0 Å². The standard InChI is InChI=1S/C15H16N4O2S2/c1-10-3-5-12(22-10)8-16-18-14(20)7-15(21)19-17-9-13-6-4-11(2)23-13/h3-6,8-9H,7H2,1-2H3,(H,18,20)(H,19,21)/b16-8+,17-9+. The molecule has 0 aliphatic heterocycles. The third-order valence-electron chi connectivity index (χ3n) is 2.61. The van der Waals surface area contributed by atoms with Gasteiger partial charge in [0.2, 0.25) is 11.8 Å². The summed E-state index contributed by atoms with van der Waals surface area (Å²) in [7, 11) is 0. The van der Waals surface area contributed by atoms with Gasteiger partial charge >= 0.3 is 0 Å². The van der Waals surface area contributed by atoms with Gasteiger partial charge in [0.05, 0.1) is 12.4 Å². The van der Waals surface area contributed by atoms with Crippen LogP contribution in [-0.2, 0) is 9.59 Å². The van der Waals surface area contributed by atoms with Gasteiger partial charge in [-0.25, -0.2) is 10.9 Å². The van der Waals surface area contributed by atoms with Crippen molar-refractivity contribution in [3.63, 3.8) is 0 Å². The minimum absolute atomic E-state index is 0.332. The van der Waals surface area contributed by atoms with Crippen molar-refractivity contribution in [1.29, 1.82) is 0 Å². The molecule has 2 aromatic rings. The summed E-state index contributed by atoms with van der Waals surface area (Å²) in [6.45, 7) is 3.98. The molecule has 23 heavy (non-hydrogen) atoms. The molecule has 2 heterocycles. The normalized spacial score (nSPS) is 11.2. The highest BCUT2D eigenvalue weighted by molar-refractivity contribution is 7.13. The lowest BCUT2D eigenvalue weighted by Gasteiger charge is -1.98. The Morgan fingerprint density at radius 3 is 1.70 bits per heavy atom. The minimum Gasteiger partial charge on any atom is -0.273 e. The van der Waals surface area contributed by atoms with Crippen LogP contribution < -0.4 is 10.9 Å². The summed E-state index contributed by atoms with van der Waals surface area (Å²) in [5, 5.41) is 7.62. The highest BCUT2D eigenvalue weighted by Gasteiger charge is 2.07. The van der Waals surface area contributed by atoms with Crippen LogP contribution in [0.25, 0.3) is 0 Å². The number of thiophene rings is 2. The predicted octanol–water partition coefficient (Wildman–Crippen LogP) is 2.42. The first-order valence-corrected chi connectivity index (χ1v) is 8.43. The maximum absolute atomic E-state index is 11.6. The average molecular weight is 348 g/mol. The Morgan fingerprint density at radius 1 is 0.913 bits per heavy atom. The molecule has 0 aliphatic rings. The molecule has 6 nitrogen and oxygen atoms in total. The fourth-order valence-corrected chi connectivity index (χ4v) is 3.10. The van der Waals surface area contributed by atoms with E-state index in [1.807, 2.05) is 38.1 Å². The van der Waals surface area contributed by atoms with Crippen molar-refractivity contribution in [3.8, 4) is 0 Å². The monoisotopic (exact) mass is 348 g/mol. The van der Waals surface area contributed by atoms with Gasteiger partial charge in [0, 0.05) is 19.5 Å². The second-order valence-electron chi connectivity index (χ2n) is 4.66. The number of nitrogens with one attached hydrogen (secondary N) is 2. The van der Waals surface area contributed by atoms with Crippen molar-refractivity contribution in [2.45, 2.75) is 20.3 Å². The SMILES string of the molecule is Cc1ccc(/C=N/NC(=O)CC(=O)N/N=C/c2ccc(C)s2)s1. The third-order valence-corrected chi connectivity index (χ3v) is 4.48. The van der Waals surface area contributed by atoms with Crippen LogP contribution >= 0.6 is 22.7 Å². The van der Waals surface area contributed by atoms with Crippen molar-refractivity contribution < 1.29 is 9.59 Å². The number of nitrogens with zero attached hydrogens (tertiary/aromatic N) is 2. The third kappa shape index (κ3) is 6.13. The minimum atomic E-state index is -0.491. The number of hydrogen-bond donors (Lipinski definition) is 2. The molecular weight excluding hydrogens is 332 g/mol. The summed E-state index contributed by atoms with van der Waals surface area (Å²) in [5.74, 6) is -0.983. The van der Waals surface area contributed by atoms with E-state index in [1.54, 1.807) is 35.1 Å². The zero-order valence-corrected chi connectivity index (χ0v) is 14.3. The second-order valence-corrected chi connectivity index (χ2v) is 7.30. The zero-order valence-electron chi connectivity index (χ0n) is 12.7. The van der Waals surface area contributed by atoms with Gasteiger partial charge in [-0.05, 0) is 38.1 Å². The van der Waals surface area contributed by atoms with Crippen molar-refractivity contribution in [2.75, 3.05) is 0 Å². The van der Waals surface area contributed by atoms with E-state index in [0.717, 1.165) is 19.5 Å². The van der Waals surface area contributed by atoms with E-state index in [2.05, 4.69) is 21.1 Å². The van der Waals surface area contributed by atoms with Crippen LogP contribution in [0.3, 0.4) is 0 Å². The van der Waals surface area contributed by atoms with Gasteiger partial charge in [0.25, 0.3) is 0 Å². The molecule has 0 aromatic carbocycles. The Bertz CT molecular complexity index is 684. The number of carbonyl (C=O) groups is 2. The molecule has 2 amide bonds. The first-order valence-electron chi connectivity index (χ1n) is 6.79. The topological polar surface area (TPSA) is 82.9 Å². The van der Waals surface area contributed by atoms with Crippen molar-refractivity contribution in [1.82, 2.24) is 10.9 Å². The first kappa shape index (κ1) is 17.0. The van der Waals surface area contributed by atoms with E-state index >= 15 is 0 Å². The van der Waals surface area contributed by atoms with Gasteiger partial charge in [-0.15, -0.1) is 22.7 Å². The highest BCUT2D eigenvalue weighted by Crippen LogP contribution is 2.12. The lowest BCUT2D eigenvalue weighted by molar-refractivity contribution is -0.129. The van der Waals surface area contributed by atoms with Gasteiger partial charge in [0.1, 0.15) is 6.42 Å². The van der Waals surface area contributed by atoms with Crippen LogP contribution in [0, 0.1) is 13.8 Å². The molecule has 0 radical (unpaired) electrons. The molecule has 0 unspecified atom stereocenters. The fourth-order valence-electron chi connectivity index (χ4n) is 1.61. The van der Waals surface area contributed by atoms with Crippen molar-refractivity contribution in [3.05, 3.63) is 43.8 Å². The average Bonchev–Trinajstić information content (AvgIpc) is 3.07. The zero-order chi connectivity index (χ0) is 16.7. The van der Waals surface area contributed by atoms with Gasteiger partial charge in [0.15, 0.2) is 0 Å². The Morgan fingerprint density at radius 2 is 1.35 bits per heavy atom. The van der Waals surface area contributed by atoms with Crippen molar-refractivity contribution >= 4 is 46.9 Å². The Kier molecular flexibility index (Phi) is 6.19. The van der Waals surface area contributed by atoms with E-state index in [9.17, 15) is 9.59 Å². The second kappa shape index (κ2) is 8.35.